The summed E-state index contributed by atoms with van der Waals surface area (Å²) in [6.45, 7) is 4.21. The molecule has 0 rings (SSSR count). The van der Waals surface area contributed by atoms with E-state index in [1.165, 1.54) is 0 Å². The number of halogens is 1. The Hall–Kier alpha value is -0.860. The molecule has 0 radical (unpaired) electrons. The van der Waals surface area contributed by atoms with Crippen LogP contribution in [0.4, 0.5) is 4.39 Å². The Morgan fingerprint density at radius 3 is 2.44 bits per heavy atom. The molecule has 0 bridgehead atoms. The lowest BCUT2D eigenvalue weighted by atomic mass is 10.1. The van der Waals surface area contributed by atoms with Gasteiger partial charge in [-0.05, 0) is 13.0 Å². The third kappa shape index (κ3) is 1.83. The zero-order valence-electron chi connectivity index (χ0n) is 5.48. The normalized spacial score (nSPS) is 15.9. The molecule has 0 aliphatic heterocycles. The first kappa shape index (κ1) is 8.14. The van der Waals surface area contributed by atoms with E-state index >= 15 is 0 Å². The molecule has 1 unspecified atom stereocenters. The van der Waals surface area contributed by atoms with Crippen LogP contribution >= 0.6 is 0 Å². The fourth-order valence-corrected chi connectivity index (χ4v) is 0.283. The van der Waals surface area contributed by atoms with Crippen LogP contribution in [0.2, 0.25) is 0 Å². The number of hydrogen-bond acceptors (Lipinski definition) is 2. The maximum Gasteiger partial charge on any atom is 0.347 e. The molecule has 0 spiro atoms. The molecular formula is C6H9FO2. The predicted octanol–water partition coefficient (Wildman–Crippen LogP) is 1.07. The highest BCUT2D eigenvalue weighted by Crippen LogP contribution is 2.11. The van der Waals surface area contributed by atoms with Crippen molar-refractivity contribution in [3.63, 3.8) is 0 Å². The minimum atomic E-state index is -2.05. The van der Waals surface area contributed by atoms with E-state index in [1.807, 2.05) is 0 Å². The van der Waals surface area contributed by atoms with Gasteiger partial charge in [-0.3, -0.25) is 0 Å². The van der Waals surface area contributed by atoms with Crippen molar-refractivity contribution in [1.29, 1.82) is 0 Å². The van der Waals surface area contributed by atoms with E-state index in [-0.39, 0.29) is 0 Å². The van der Waals surface area contributed by atoms with Crippen molar-refractivity contribution in [2.75, 3.05) is 7.11 Å². The number of carbonyl (C=O) groups is 1. The molecule has 0 heterocycles. The van der Waals surface area contributed by atoms with Crippen LogP contribution in [-0.4, -0.2) is 18.7 Å². The van der Waals surface area contributed by atoms with Gasteiger partial charge in [-0.15, -0.1) is 0 Å². The SMILES string of the molecule is C=CC(C)(F)C(=O)OC. The summed E-state index contributed by atoms with van der Waals surface area (Å²) in [7, 11) is 1.13. The van der Waals surface area contributed by atoms with E-state index < -0.39 is 11.6 Å². The molecule has 0 aromatic carbocycles. The number of esters is 1. The Morgan fingerprint density at radius 1 is 1.89 bits per heavy atom. The van der Waals surface area contributed by atoms with Crippen LogP contribution in [0.5, 0.6) is 0 Å². The first-order valence-electron chi connectivity index (χ1n) is 2.45. The Morgan fingerprint density at radius 2 is 2.33 bits per heavy atom. The summed E-state index contributed by atoms with van der Waals surface area (Å²) in [5.74, 6) is -0.919. The molecule has 2 nitrogen and oxygen atoms in total. The summed E-state index contributed by atoms with van der Waals surface area (Å²) in [6.07, 6.45) is 0.902. The molecule has 0 saturated heterocycles. The first-order chi connectivity index (χ1) is 4.04. The summed E-state index contributed by atoms with van der Waals surface area (Å²) < 4.78 is 16.7. The van der Waals surface area contributed by atoms with E-state index in [2.05, 4.69) is 11.3 Å². The summed E-state index contributed by atoms with van der Waals surface area (Å²) >= 11 is 0. The molecule has 0 fully saturated rings. The van der Waals surface area contributed by atoms with Gasteiger partial charge < -0.3 is 4.74 Å². The smallest absolute Gasteiger partial charge is 0.347 e. The van der Waals surface area contributed by atoms with Gasteiger partial charge in [0.1, 0.15) is 0 Å². The average molecular weight is 132 g/mol. The zero-order chi connectivity index (χ0) is 7.49. The van der Waals surface area contributed by atoms with Crippen LogP contribution in [0.25, 0.3) is 0 Å². The molecule has 3 heteroatoms. The lowest BCUT2D eigenvalue weighted by Crippen LogP contribution is -2.28. The van der Waals surface area contributed by atoms with E-state index in [0.29, 0.717) is 0 Å². The van der Waals surface area contributed by atoms with Crippen LogP contribution in [0.3, 0.4) is 0 Å². The number of rotatable bonds is 2. The Bertz CT molecular complexity index is 129. The van der Waals surface area contributed by atoms with Crippen molar-refractivity contribution in [1.82, 2.24) is 0 Å². The summed E-state index contributed by atoms with van der Waals surface area (Å²) in [5, 5.41) is 0. The lowest BCUT2D eigenvalue weighted by Gasteiger charge is -2.10. The number of alkyl halides is 1. The van der Waals surface area contributed by atoms with Gasteiger partial charge in [0.15, 0.2) is 0 Å². The number of ether oxygens (including phenoxy) is 1. The molecule has 0 amide bonds. The van der Waals surface area contributed by atoms with E-state index in [9.17, 15) is 9.18 Å². The third-order valence-corrected chi connectivity index (χ3v) is 0.968. The molecule has 0 aromatic heterocycles. The Kier molecular flexibility index (Phi) is 2.37. The van der Waals surface area contributed by atoms with Gasteiger partial charge in [-0.1, -0.05) is 6.58 Å². The van der Waals surface area contributed by atoms with Gasteiger partial charge >= 0.3 is 5.97 Å². The van der Waals surface area contributed by atoms with Crippen molar-refractivity contribution >= 4 is 5.97 Å². The average Bonchev–Trinajstić information content (AvgIpc) is 1.86. The summed E-state index contributed by atoms with van der Waals surface area (Å²) in [6, 6.07) is 0. The monoisotopic (exact) mass is 132 g/mol. The number of hydrogen-bond donors (Lipinski definition) is 0. The quantitative estimate of drug-likeness (QED) is 0.415. The minimum Gasteiger partial charge on any atom is -0.466 e. The molecular weight excluding hydrogens is 123 g/mol. The predicted molar refractivity (Wildman–Crippen MR) is 31.7 cm³/mol. The second-order valence-electron chi connectivity index (χ2n) is 1.77. The van der Waals surface area contributed by atoms with Crippen LogP contribution in [0.1, 0.15) is 6.92 Å². The summed E-state index contributed by atoms with van der Waals surface area (Å²) in [5.41, 5.74) is -2.05. The van der Waals surface area contributed by atoms with Crippen molar-refractivity contribution in [2.45, 2.75) is 12.6 Å². The van der Waals surface area contributed by atoms with E-state index in [1.54, 1.807) is 0 Å². The number of carbonyl (C=O) groups excluding carboxylic acids is 1. The van der Waals surface area contributed by atoms with Crippen molar-refractivity contribution in [3.05, 3.63) is 12.7 Å². The van der Waals surface area contributed by atoms with Gasteiger partial charge in [-0.25, -0.2) is 9.18 Å². The Balaban J connectivity index is 4.14. The van der Waals surface area contributed by atoms with Crippen LogP contribution < -0.4 is 0 Å². The standard InChI is InChI=1S/C6H9FO2/c1-4-6(2,7)5(8)9-3/h4H,1H2,2-3H3. The lowest BCUT2D eigenvalue weighted by molar-refractivity contribution is -0.150. The topological polar surface area (TPSA) is 26.3 Å². The molecule has 1 atom stereocenters. The summed E-state index contributed by atoms with van der Waals surface area (Å²) in [4.78, 5) is 10.4. The molecule has 0 aliphatic carbocycles. The van der Waals surface area contributed by atoms with Gasteiger partial charge in [0.2, 0.25) is 5.67 Å². The first-order valence-corrected chi connectivity index (χ1v) is 2.45. The highest BCUT2D eigenvalue weighted by molar-refractivity contribution is 5.80. The van der Waals surface area contributed by atoms with Crippen LogP contribution in [0.15, 0.2) is 12.7 Å². The third-order valence-electron chi connectivity index (χ3n) is 0.968. The van der Waals surface area contributed by atoms with Crippen LogP contribution in [-0.2, 0) is 9.53 Å². The second-order valence-corrected chi connectivity index (χ2v) is 1.77. The van der Waals surface area contributed by atoms with Gasteiger partial charge in [0.25, 0.3) is 0 Å². The second kappa shape index (κ2) is 2.62. The zero-order valence-corrected chi connectivity index (χ0v) is 5.48. The van der Waals surface area contributed by atoms with Gasteiger partial charge in [0, 0.05) is 0 Å². The van der Waals surface area contributed by atoms with Crippen LogP contribution in [0, 0.1) is 0 Å². The van der Waals surface area contributed by atoms with Gasteiger partial charge in [0.05, 0.1) is 7.11 Å². The molecule has 0 aliphatic rings. The largest absolute Gasteiger partial charge is 0.466 e. The van der Waals surface area contributed by atoms with Crippen molar-refractivity contribution < 1.29 is 13.9 Å². The molecule has 0 N–H and O–H groups in total. The molecule has 0 saturated carbocycles. The maximum atomic E-state index is 12.6. The van der Waals surface area contributed by atoms with Crippen molar-refractivity contribution in [3.8, 4) is 0 Å². The highest BCUT2D eigenvalue weighted by atomic mass is 19.1. The molecule has 52 valence electrons. The molecule has 9 heavy (non-hydrogen) atoms. The Labute approximate surface area is 53.3 Å². The maximum absolute atomic E-state index is 12.6. The fraction of sp³-hybridized carbons (Fsp3) is 0.500. The fourth-order valence-electron chi connectivity index (χ4n) is 0.283. The van der Waals surface area contributed by atoms with Gasteiger partial charge in [-0.2, -0.15) is 0 Å². The highest BCUT2D eigenvalue weighted by Gasteiger charge is 2.29. The van der Waals surface area contributed by atoms with Crippen molar-refractivity contribution in [2.24, 2.45) is 0 Å². The van der Waals surface area contributed by atoms with E-state index in [4.69, 9.17) is 0 Å². The number of methoxy groups -OCH3 is 1. The molecule has 0 aromatic rings. The minimum absolute atomic E-state index is 0.902. The van der Waals surface area contributed by atoms with E-state index in [0.717, 1.165) is 20.1 Å².